The van der Waals surface area contributed by atoms with Crippen molar-refractivity contribution in [1.82, 2.24) is 9.97 Å². The van der Waals surface area contributed by atoms with E-state index in [1.54, 1.807) is 0 Å². The second-order valence-corrected chi connectivity index (χ2v) is 14.1. The highest BCUT2D eigenvalue weighted by Crippen LogP contribution is 2.58. The van der Waals surface area contributed by atoms with Crippen molar-refractivity contribution >= 4 is 11.8 Å². The molecule has 2 atom stereocenters. The molecule has 226 valence electrons. The number of hydrogen-bond acceptors (Lipinski definition) is 4. The molecule has 1 aliphatic carbocycles. The molecular formula is C43H32N2OS. The zero-order chi connectivity index (χ0) is 31.5. The molecule has 2 unspecified atom stereocenters. The van der Waals surface area contributed by atoms with Crippen molar-refractivity contribution in [3.8, 4) is 56.5 Å². The summed E-state index contributed by atoms with van der Waals surface area (Å²) in [4.78, 5) is 11.2. The topological polar surface area (TPSA) is 35.0 Å². The van der Waals surface area contributed by atoms with Crippen LogP contribution in [0.15, 0.2) is 151 Å². The third-order valence-electron chi connectivity index (χ3n) is 9.72. The van der Waals surface area contributed by atoms with Crippen LogP contribution in [0.2, 0.25) is 0 Å². The summed E-state index contributed by atoms with van der Waals surface area (Å²) in [6, 6.07) is 42.6. The normalized spacial score (nSPS) is 18.1. The smallest absolute Gasteiger partial charge is 0.160 e. The predicted molar refractivity (Wildman–Crippen MR) is 193 cm³/mol. The van der Waals surface area contributed by atoms with E-state index in [0.717, 1.165) is 56.5 Å². The number of fused-ring (bicyclic) bond motifs is 6. The van der Waals surface area contributed by atoms with Gasteiger partial charge < -0.3 is 4.74 Å². The van der Waals surface area contributed by atoms with Gasteiger partial charge in [0.05, 0.1) is 16.3 Å². The average molecular weight is 625 g/mol. The quantitative estimate of drug-likeness (QED) is 0.195. The lowest BCUT2D eigenvalue weighted by Crippen LogP contribution is -2.24. The maximum atomic E-state index is 6.84. The summed E-state index contributed by atoms with van der Waals surface area (Å²) in [5.74, 6) is 3.10. The highest BCUT2D eigenvalue weighted by atomic mass is 32.2. The van der Waals surface area contributed by atoms with Crippen molar-refractivity contribution in [1.29, 1.82) is 0 Å². The number of allylic oxidation sites excluding steroid dienone is 3. The Bertz CT molecular complexity index is 2160. The second-order valence-electron chi connectivity index (χ2n) is 12.9. The van der Waals surface area contributed by atoms with Gasteiger partial charge in [-0.25, -0.2) is 9.97 Å². The minimum atomic E-state index is -0.166. The summed E-state index contributed by atoms with van der Waals surface area (Å²) in [5.41, 5.74) is 10.9. The Morgan fingerprint density at radius 1 is 0.596 bits per heavy atom. The average Bonchev–Trinajstić information content (AvgIpc) is 3.51. The van der Waals surface area contributed by atoms with Crippen molar-refractivity contribution < 1.29 is 4.74 Å². The largest absolute Gasteiger partial charge is 0.456 e. The Hall–Kier alpha value is -5.19. The fraction of sp³-hybridized carbons (Fsp3) is 0.116. The van der Waals surface area contributed by atoms with Crippen LogP contribution < -0.4 is 4.74 Å². The van der Waals surface area contributed by atoms with Crippen LogP contribution in [0, 0.1) is 0 Å². The minimum Gasteiger partial charge on any atom is -0.456 e. The van der Waals surface area contributed by atoms with E-state index in [-0.39, 0.29) is 5.41 Å². The third kappa shape index (κ3) is 4.75. The molecule has 3 heterocycles. The molecule has 0 saturated heterocycles. The molecular weight excluding hydrogens is 593 g/mol. The Morgan fingerprint density at radius 2 is 1.21 bits per heavy atom. The van der Waals surface area contributed by atoms with Crippen LogP contribution in [0.4, 0.5) is 0 Å². The van der Waals surface area contributed by atoms with E-state index >= 15 is 0 Å². The molecule has 3 nitrogen and oxygen atoms in total. The van der Waals surface area contributed by atoms with Crippen LogP contribution in [0.3, 0.4) is 0 Å². The highest BCUT2D eigenvalue weighted by Gasteiger charge is 2.40. The monoisotopic (exact) mass is 624 g/mol. The summed E-state index contributed by atoms with van der Waals surface area (Å²) in [5, 5.41) is 0.432. The lowest BCUT2D eigenvalue weighted by atomic mass is 9.74. The van der Waals surface area contributed by atoms with Crippen molar-refractivity contribution in [3.05, 3.63) is 162 Å². The minimum absolute atomic E-state index is 0.166. The van der Waals surface area contributed by atoms with Gasteiger partial charge >= 0.3 is 0 Å². The fourth-order valence-electron chi connectivity index (χ4n) is 7.13. The first kappa shape index (κ1) is 28.1. The second kappa shape index (κ2) is 11.0. The first-order chi connectivity index (χ1) is 23.0. The van der Waals surface area contributed by atoms with Gasteiger partial charge in [-0.3, -0.25) is 0 Å². The standard InChI is InChI=1S/C43H32N2OS/c1-43(2)34-23-21-31(25-38(34)46-40-35(43)24-22-33-32-15-9-10-16-39(32)47-41(33)40)27-17-19-29(20-18-27)37-26-36(28-11-5-3-6-12-28)44-42(45-37)30-13-7-4-8-14-30/h3-26,32,39H,1-2H3. The zero-order valence-corrected chi connectivity index (χ0v) is 27.0. The van der Waals surface area contributed by atoms with Gasteiger partial charge in [0, 0.05) is 44.4 Å². The van der Waals surface area contributed by atoms with Crippen LogP contribution in [-0.4, -0.2) is 15.2 Å². The van der Waals surface area contributed by atoms with Crippen LogP contribution >= 0.6 is 11.8 Å². The number of nitrogens with zero attached hydrogens (tertiary/aromatic N) is 2. The highest BCUT2D eigenvalue weighted by molar-refractivity contribution is 8.00. The zero-order valence-electron chi connectivity index (χ0n) is 26.2. The van der Waals surface area contributed by atoms with Gasteiger partial charge in [0.25, 0.3) is 0 Å². The first-order valence-electron chi connectivity index (χ1n) is 16.1. The van der Waals surface area contributed by atoms with E-state index < -0.39 is 0 Å². The number of thioether (sulfide) groups is 1. The maximum absolute atomic E-state index is 6.84. The Morgan fingerprint density at radius 3 is 1.96 bits per heavy atom. The number of ether oxygens (including phenoxy) is 1. The third-order valence-corrected chi connectivity index (χ3v) is 11.1. The molecule has 0 radical (unpaired) electrons. The summed E-state index contributed by atoms with van der Waals surface area (Å²) < 4.78 is 6.84. The summed E-state index contributed by atoms with van der Waals surface area (Å²) >= 11 is 1.94. The van der Waals surface area contributed by atoms with Crippen molar-refractivity contribution in [2.24, 2.45) is 0 Å². The van der Waals surface area contributed by atoms with E-state index in [0.29, 0.717) is 11.2 Å². The van der Waals surface area contributed by atoms with Gasteiger partial charge in [-0.1, -0.05) is 147 Å². The van der Waals surface area contributed by atoms with Gasteiger partial charge in [-0.05, 0) is 28.8 Å². The molecule has 0 N–H and O–H groups in total. The van der Waals surface area contributed by atoms with Crippen molar-refractivity contribution in [3.63, 3.8) is 0 Å². The molecule has 9 rings (SSSR count). The van der Waals surface area contributed by atoms with Crippen LogP contribution in [0.1, 0.15) is 36.5 Å². The molecule has 0 fully saturated rings. The van der Waals surface area contributed by atoms with Gasteiger partial charge in [0.1, 0.15) is 11.5 Å². The predicted octanol–water partition coefficient (Wildman–Crippen LogP) is 11.3. The molecule has 6 aromatic rings. The molecule has 0 spiro atoms. The molecule has 3 aliphatic rings. The van der Waals surface area contributed by atoms with Gasteiger partial charge in [-0.15, -0.1) is 11.8 Å². The van der Waals surface area contributed by atoms with Crippen molar-refractivity contribution in [2.75, 3.05) is 0 Å². The molecule has 0 bridgehead atoms. The molecule has 5 aromatic carbocycles. The Kier molecular flexibility index (Phi) is 6.55. The summed E-state index contributed by atoms with van der Waals surface area (Å²) in [6.45, 7) is 4.63. The van der Waals surface area contributed by atoms with Crippen LogP contribution in [-0.2, 0) is 5.41 Å². The van der Waals surface area contributed by atoms with Crippen LogP contribution in [0.25, 0.3) is 45.0 Å². The Labute approximate surface area is 279 Å². The number of benzene rings is 5. The lowest BCUT2D eigenvalue weighted by Gasteiger charge is -2.35. The molecule has 47 heavy (non-hydrogen) atoms. The van der Waals surface area contributed by atoms with E-state index in [9.17, 15) is 0 Å². The van der Waals surface area contributed by atoms with E-state index in [2.05, 4.69) is 123 Å². The molecule has 0 amide bonds. The van der Waals surface area contributed by atoms with Gasteiger partial charge in [0.15, 0.2) is 5.82 Å². The van der Waals surface area contributed by atoms with E-state index in [1.807, 2.05) is 48.2 Å². The SMILES string of the molecule is CC1(C)c2ccc(-c3ccc(-c4cc(-c5ccccc5)nc(-c5ccccc5)n4)cc3)cc2Oc2c1ccc1c2SC2C=CC=CC12. The number of aromatic nitrogens is 2. The lowest BCUT2D eigenvalue weighted by molar-refractivity contribution is 0.408. The fourth-order valence-corrected chi connectivity index (χ4v) is 8.56. The van der Waals surface area contributed by atoms with Crippen LogP contribution in [0.5, 0.6) is 11.5 Å². The molecule has 2 aliphatic heterocycles. The number of rotatable bonds is 4. The van der Waals surface area contributed by atoms with E-state index in [1.165, 1.54) is 21.6 Å². The molecule has 1 aromatic heterocycles. The van der Waals surface area contributed by atoms with Gasteiger partial charge in [-0.2, -0.15) is 0 Å². The maximum Gasteiger partial charge on any atom is 0.160 e. The summed E-state index contributed by atoms with van der Waals surface area (Å²) in [6.07, 6.45) is 8.98. The summed E-state index contributed by atoms with van der Waals surface area (Å²) in [7, 11) is 0. The van der Waals surface area contributed by atoms with Crippen molar-refractivity contribution in [2.45, 2.75) is 35.3 Å². The molecule has 4 heteroatoms. The van der Waals surface area contributed by atoms with E-state index in [4.69, 9.17) is 14.7 Å². The Balaban J connectivity index is 1.07. The number of hydrogen-bond donors (Lipinski definition) is 0. The van der Waals surface area contributed by atoms with Gasteiger partial charge in [0.2, 0.25) is 0 Å². The first-order valence-corrected chi connectivity index (χ1v) is 17.0. The molecule has 0 saturated carbocycles.